The van der Waals surface area contributed by atoms with Gasteiger partial charge < -0.3 is 25.5 Å². The van der Waals surface area contributed by atoms with Gasteiger partial charge in [-0.2, -0.15) is 0 Å². The lowest BCUT2D eigenvalue weighted by Gasteiger charge is -2.28. The quantitative estimate of drug-likeness (QED) is 0.223. The fraction of sp³-hybridized carbons (Fsp3) is 0.714. The van der Waals surface area contributed by atoms with E-state index in [2.05, 4.69) is 0 Å². The molecular weight excluding hydrogens is 196 g/mol. The average Bonchev–Trinajstić information content (AvgIpc) is 2.24. The Kier molecular flexibility index (Phi) is 4.81. The van der Waals surface area contributed by atoms with E-state index in [1.807, 2.05) is 0 Å². The minimum Gasteiger partial charge on any atom is -0.394 e. The average molecular weight is 208 g/mol. The van der Waals surface area contributed by atoms with E-state index in [-0.39, 0.29) is 12.6 Å². The molecule has 0 aliphatic carbocycles. The van der Waals surface area contributed by atoms with Gasteiger partial charge in [-0.25, -0.2) is 0 Å². The number of carbonyl (C=O) groups excluding carboxylic acids is 2. The first kappa shape index (κ1) is 13.1. The molecule has 0 aromatic carbocycles. The number of aliphatic hydroxyl groups is 5. The first-order valence-corrected chi connectivity index (χ1v) is 3.73. The molecule has 5 N–H and O–H groups in total. The maximum absolute atomic E-state index is 10.2. The summed E-state index contributed by atoms with van der Waals surface area (Å²) in [7, 11) is 0. The Bertz CT molecular complexity index is 196. The van der Waals surface area contributed by atoms with Crippen LogP contribution in [0.25, 0.3) is 0 Å². The summed E-state index contributed by atoms with van der Waals surface area (Å²) >= 11 is 0. The van der Waals surface area contributed by atoms with Crippen LogP contribution in [0, 0.1) is 0 Å². The Morgan fingerprint density at radius 1 is 1.14 bits per heavy atom. The molecule has 0 aliphatic heterocycles. The van der Waals surface area contributed by atoms with E-state index in [1.165, 1.54) is 0 Å². The molecule has 14 heavy (non-hydrogen) atoms. The second kappa shape index (κ2) is 5.13. The second-order valence-electron chi connectivity index (χ2n) is 2.81. The lowest BCUT2D eigenvalue weighted by Crippen LogP contribution is -2.55. The van der Waals surface area contributed by atoms with Gasteiger partial charge in [-0.05, 0) is 0 Å². The third kappa shape index (κ3) is 2.56. The van der Waals surface area contributed by atoms with E-state index in [1.54, 1.807) is 0 Å². The highest BCUT2D eigenvalue weighted by Gasteiger charge is 2.42. The summed E-state index contributed by atoms with van der Waals surface area (Å²) in [5.74, 6) is 0. The van der Waals surface area contributed by atoms with E-state index in [4.69, 9.17) is 25.5 Å². The van der Waals surface area contributed by atoms with Gasteiger partial charge in [-0.15, -0.1) is 0 Å². The zero-order chi connectivity index (χ0) is 11.4. The Labute approximate surface area is 79.2 Å². The molecule has 0 aliphatic rings. The van der Waals surface area contributed by atoms with E-state index in [0.29, 0.717) is 0 Å². The van der Waals surface area contributed by atoms with E-state index >= 15 is 0 Å². The predicted octanol–water partition coefficient (Wildman–Crippen LogP) is -3.81. The lowest BCUT2D eigenvalue weighted by atomic mass is 9.93. The SMILES string of the molecule is O=CC(O)(C=O)[C@@H](O)[C@H](O)[C@H](O)CO. The summed E-state index contributed by atoms with van der Waals surface area (Å²) in [6, 6.07) is 0. The van der Waals surface area contributed by atoms with Crippen LogP contribution in [0.5, 0.6) is 0 Å². The summed E-state index contributed by atoms with van der Waals surface area (Å²) in [6.45, 7) is -0.883. The van der Waals surface area contributed by atoms with Gasteiger partial charge in [0.25, 0.3) is 0 Å². The molecule has 7 nitrogen and oxygen atoms in total. The van der Waals surface area contributed by atoms with Crippen molar-refractivity contribution in [1.82, 2.24) is 0 Å². The smallest absolute Gasteiger partial charge is 0.203 e. The van der Waals surface area contributed by atoms with Crippen LogP contribution in [0.15, 0.2) is 0 Å². The minimum atomic E-state index is -2.78. The fourth-order valence-corrected chi connectivity index (χ4v) is 0.759. The van der Waals surface area contributed by atoms with Crippen molar-refractivity contribution in [3.8, 4) is 0 Å². The first-order chi connectivity index (χ1) is 6.42. The van der Waals surface area contributed by atoms with Crippen molar-refractivity contribution in [1.29, 1.82) is 0 Å². The molecule has 3 atom stereocenters. The summed E-state index contributed by atoms with van der Waals surface area (Å²) in [4.78, 5) is 20.4. The van der Waals surface area contributed by atoms with Crippen LogP contribution in [0.4, 0.5) is 0 Å². The topological polar surface area (TPSA) is 135 Å². The molecule has 0 aromatic rings. The third-order valence-electron chi connectivity index (χ3n) is 1.76. The molecule has 0 unspecified atom stereocenters. The molecular formula is C7H12O7. The molecule has 82 valence electrons. The van der Waals surface area contributed by atoms with Crippen molar-refractivity contribution in [3.05, 3.63) is 0 Å². The van der Waals surface area contributed by atoms with Crippen LogP contribution in [-0.4, -0.2) is 68.6 Å². The van der Waals surface area contributed by atoms with Crippen LogP contribution >= 0.6 is 0 Å². The summed E-state index contributed by atoms with van der Waals surface area (Å²) in [5.41, 5.74) is -2.78. The van der Waals surface area contributed by atoms with Gasteiger partial charge in [0, 0.05) is 0 Å². The van der Waals surface area contributed by atoms with Gasteiger partial charge in [-0.1, -0.05) is 0 Å². The summed E-state index contributed by atoms with van der Waals surface area (Å²) in [6.07, 6.45) is -6.48. The van der Waals surface area contributed by atoms with E-state index in [0.717, 1.165) is 0 Å². The monoisotopic (exact) mass is 208 g/mol. The maximum Gasteiger partial charge on any atom is 0.203 e. The van der Waals surface area contributed by atoms with Gasteiger partial charge in [0.2, 0.25) is 5.60 Å². The normalized spacial score (nSPS) is 18.4. The first-order valence-electron chi connectivity index (χ1n) is 3.73. The molecule has 0 amide bonds. The van der Waals surface area contributed by atoms with Crippen LogP contribution in [0.3, 0.4) is 0 Å². The number of carbonyl (C=O) groups is 2. The van der Waals surface area contributed by atoms with Gasteiger partial charge in [0.05, 0.1) is 6.61 Å². The van der Waals surface area contributed by atoms with Crippen molar-refractivity contribution < 1.29 is 35.1 Å². The Morgan fingerprint density at radius 2 is 1.57 bits per heavy atom. The Balaban J connectivity index is 4.65. The highest BCUT2D eigenvalue weighted by Crippen LogP contribution is 2.11. The molecule has 0 heterocycles. The van der Waals surface area contributed by atoms with Crippen LogP contribution < -0.4 is 0 Å². The molecule has 0 spiro atoms. The maximum atomic E-state index is 10.2. The second-order valence-corrected chi connectivity index (χ2v) is 2.81. The number of aldehydes is 2. The predicted molar refractivity (Wildman–Crippen MR) is 42.2 cm³/mol. The zero-order valence-corrected chi connectivity index (χ0v) is 7.15. The van der Waals surface area contributed by atoms with Crippen LogP contribution in [0.1, 0.15) is 0 Å². The van der Waals surface area contributed by atoms with Crippen molar-refractivity contribution in [2.75, 3.05) is 6.61 Å². The number of aliphatic hydroxyl groups excluding tert-OH is 4. The highest BCUT2D eigenvalue weighted by atomic mass is 16.4. The van der Waals surface area contributed by atoms with Crippen LogP contribution in [0.2, 0.25) is 0 Å². The third-order valence-corrected chi connectivity index (χ3v) is 1.76. The standard InChI is InChI=1S/C7H12O7/c8-1-4(11)5(12)6(13)7(14,2-9)3-10/h2-6,8,11-14H,1H2/t4-,5-,6+/m1/s1. The molecule has 7 heteroatoms. The van der Waals surface area contributed by atoms with Gasteiger partial charge in [0.15, 0.2) is 12.6 Å². The minimum absolute atomic E-state index is 0.266. The largest absolute Gasteiger partial charge is 0.394 e. The van der Waals surface area contributed by atoms with Gasteiger partial charge >= 0.3 is 0 Å². The van der Waals surface area contributed by atoms with Crippen molar-refractivity contribution in [3.63, 3.8) is 0 Å². The molecule has 0 saturated heterocycles. The number of rotatable bonds is 6. The van der Waals surface area contributed by atoms with Gasteiger partial charge in [0.1, 0.15) is 18.3 Å². The Hall–Kier alpha value is -0.860. The number of hydrogen-bond acceptors (Lipinski definition) is 7. The Morgan fingerprint density at radius 3 is 1.86 bits per heavy atom. The number of hydrogen-bond donors (Lipinski definition) is 5. The van der Waals surface area contributed by atoms with E-state index < -0.39 is 30.5 Å². The fourth-order valence-electron chi connectivity index (χ4n) is 0.759. The molecule has 0 radical (unpaired) electrons. The van der Waals surface area contributed by atoms with Crippen molar-refractivity contribution in [2.45, 2.75) is 23.9 Å². The highest BCUT2D eigenvalue weighted by molar-refractivity contribution is 5.88. The van der Waals surface area contributed by atoms with Crippen LogP contribution in [-0.2, 0) is 9.59 Å². The molecule has 0 fully saturated rings. The van der Waals surface area contributed by atoms with Crippen molar-refractivity contribution >= 4 is 12.6 Å². The summed E-state index contributed by atoms with van der Waals surface area (Å²) < 4.78 is 0. The van der Waals surface area contributed by atoms with Crippen molar-refractivity contribution in [2.24, 2.45) is 0 Å². The van der Waals surface area contributed by atoms with E-state index in [9.17, 15) is 9.59 Å². The molecule has 0 bridgehead atoms. The summed E-state index contributed by atoms with van der Waals surface area (Å²) in [5, 5.41) is 44.5. The molecule has 0 rings (SSSR count). The molecule has 0 aromatic heterocycles. The zero-order valence-electron chi connectivity index (χ0n) is 7.15. The van der Waals surface area contributed by atoms with Gasteiger partial charge in [-0.3, -0.25) is 9.59 Å². The lowest BCUT2D eigenvalue weighted by molar-refractivity contribution is -0.167. The molecule has 0 saturated carbocycles.